The molecule has 0 spiro atoms. The summed E-state index contributed by atoms with van der Waals surface area (Å²) in [6.45, 7) is 2.86. The molecule has 90 valence electrons. The van der Waals surface area contributed by atoms with Crippen molar-refractivity contribution in [3.8, 4) is 0 Å². The molecule has 17 heavy (non-hydrogen) atoms. The van der Waals surface area contributed by atoms with Gasteiger partial charge in [0, 0.05) is 37.9 Å². The number of imidazole rings is 1. The Kier molecular flexibility index (Phi) is 3.04. The first-order chi connectivity index (χ1) is 8.08. The fraction of sp³-hybridized carbons (Fsp3) is 0.308. The summed E-state index contributed by atoms with van der Waals surface area (Å²) in [5.41, 5.74) is 8.92. The lowest BCUT2D eigenvalue weighted by molar-refractivity contribution is 0.760. The Hall–Kier alpha value is -1.97. The molecule has 0 aliphatic rings. The van der Waals surface area contributed by atoms with E-state index in [2.05, 4.69) is 23.9 Å². The van der Waals surface area contributed by atoms with Crippen LogP contribution < -0.4 is 10.6 Å². The van der Waals surface area contributed by atoms with E-state index < -0.39 is 0 Å². The third-order valence-electron chi connectivity index (χ3n) is 2.93. The third-order valence-corrected chi connectivity index (χ3v) is 2.93. The zero-order valence-electron chi connectivity index (χ0n) is 10.5. The zero-order valence-corrected chi connectivity index (χ0v) is 10.5. The number of aromatic nitrogens is 2. The zero-order chi connectivity index (χ0) is 12.4. The lowest BCUT2D eigenvalue weighted by atomic mass is 10.1. The average Bonchev–Trinajstić information content (AvgIpc) is 2.64. The van der Waals surface area contributed by atoms with Gasteiger partial charge >= 0.3 is 0 Å². The summed E-state index contributed by atoms with van der Waals surface area (Å²) in [4.78, 5) is 6.50. The van der Waals surface area contributed by atoms with Crippen LogP contribution in [0, 0.1) is 6.92 Å². The summed E-state index contributed by atoms with van der Waals surface area (Å²) in [6, 6.07) is 5.97. The number of nitrogen functional groups attached to an aromatic ring is 1. The van der Waals surface area contributed by atoms with Crippen LogP contribution in [0.25, 0.3) is 0 Å². The molecule has 1 aromatic heterocycles. The molecule has 1 aromatic carbocycles. The van der Waals surface area contributed by atoms with Gasteiger partial charge in [-0.2, -0.15) is 0 Å². The maximum absolute atomic E-state index is 5.75. The smallest absolute Gasteiger partial charge is 0.127 e. The van der Waals surface area contributed by atoms with Gasteiger partial charge in [-0.1, -0.05) is 0 Å². The summed E-state index contributed by atoms with van der Waals surface area (Å²) in [6.07, 6.45) is 3.78. The van der Waals surface area contributed by atoms with Crippen molar-refractivity contribution in [2.45, 2.75) is 13.5 Å². The van der Waals surface area contributed by atoms with Gasteiger partial charge in [0.15, 0.2) is 0 Å². The monoisotopic (exact) mass is 230 g/mol. The molecule has 2 aromatic rings. The van der Waals surface area contributed by atoms with E-state index in [9.17, 15) is 0 Å². The van der Waals surface area contributed by atoms with Crippen LogP contribution in [-0.2, 0) is 13.6 Å². The number of anilines is 2. The van der Waals surface area contributed by atoms with Gasteiger partial charge in [-0.25, -0.2) is 4.98 Å². The fourth-order valence-corrected chi connectivity index (χ4v) is 1.95. The van der Waals surface area contributed by atoms with E-state index in [-0.39, 0.29) is 0 Å². The van der Waals surface area contributed by atoms with Crippen molar-refractivity contribution in [1.29, 1.82) is 0 Å². The Bertz CT molecular complexity index is 516. The summed E-state index contributed by atoms with van der Waals surface area (Å²) in [5, 5.41) is 0. The van der Waals surface area contributed by atoms with Crippen LogP contribution in [0.2, 0.25) is 0 Å². The largest absolute Gasteiger partial charge is 0.399 e. The van der Waals surface area contributed by atoms with Crippen LogP contribution in [0.5, 0.6) is 0 Å². The van der Waals surface area contributed by atoms with E-state index in [0.29, 0.717) is 0 Å². The van der Waals surface area contributed by atoms with Crippen LogP contribution in [0.4, 0.5) is 11.4 Å². The number of hydrogen-bond donors (Lipinski definition) is 1. The molecule has 2 N–H and O–H groups in total. The molecule has 0 saturated carbocycles. The molecule has 0 aliphatic heterocycles. The Morgan fingerprint density at radius 2 is 2.18 bits per heavy atom. The molecule has 0 atom stereocenters. The van der Waals surface area contributed by atoms with E-state index >= 15 is 0 Å². The minimum atomic E-state index is 0.786. The van der Waals surface area contributed by atoms with Crippen molar-refractivity contribution >= 4 is 11.4 Å². The molecule has 1 heterocycles. The Balaban J connectivity index is 2.20. The molecule has 2 rings (SSSR count). The standard InChI is InChI=1S/C13H18N4/c1-10-8-11(14)4-5-12(10)17(3)9-13-15-6-7-16(13)2/h4-8H,9,14H2,1-3H3. The van der Waals surface area contributed by atoms with Crippen molar-refractivity contribution in [3.63, 3.8) is 0 Å². The Morgan fingerprint density at radius 3 is 2.76 bits per heavy atom. The quantitative estimate of drug-likeness (QED) is 0.820. The van der Waals surface area contributed by atoms with Crippen LogP contribution in [0.1, 0.15) is 11.4 Å². The van der Waals surface area contributed by atoms with E-state index in [4.69, 9.17) is 5.73 Å². The molecular formula is C13H18N4. The average molecular weight is 230 g/mol. The second-order valence-electron chi connectivity index (χ2n) is 4.36. The molecule has 4 nitrogen and oxygen atoms in total. The predicted octanol–water partition coefficient (Wildman–Crippen LogP) is 1.95. The van der Waals surface area contributed by atoms with Gasteiger partial charge in [0.05, 0.1) is 6.54 Å². The van der Waals surface area contributed by atoms with Crippen LogP contribution in [0.3, 0.4) is 0 Å². The van der Waals surface area contributed by atoms with Gasteiger partial charge in [-0.3, -0.25) is 0 Å². The summed E-state index contributed by atoms with van der Waals surface area (Å²) >= 11 is 0. The summed E-state index contributed by atoms with van der Waals surface area (Å²) in [7, 11) is 4.07. The maximum atomic E-state index is 5.75. The SMILES string of the molecule is Cc1cc(N)ccc1N(C)Cc1nccn1C. The van der Waals surface area contributed by atoms with Gasteiger partial charge in [0.1, 0.15) is 5.82 Å². The lowest BCUT2D eigenvalue weighted by Crippen LogP contribution is -2.19. The highest BCUT2D eigenvalue weighted by molar-refractivity contribution is 5.58. The molecule has 0 amide bonds. The number of aryl methyl sites for hydroxylation is 2. The van der Waals surface area contributed by atoms with Gasteiger partial charge in [-0.15, -0.1) is 0 Å². The normalized spacial score (nSPS) is 10.5. The first-order valence-electron chi connectivity index (χ1n) is 5.61. The molecule has 0 radical (unpaired) electrons. The molecule has 0 aliphatic carbocycles. The van der Waals surface area contributed by atoms with E-state index in [1.165, 1.54) is 11.3 Å². The highest BCUT2D eigenvalue weighted by atomic mass is 15.2. The lowest BCUT2D eigenvalue weighted by Gasteiger charge is -2.21. The number of rotatable bonds is 3. The van der Waals surface area contributed by atoms with Crippen molar-refractivity contribution in [2.24, 2.45) is 7.05 Å². The van der Waals surface area contributed by atoms with Gasteiger partial charge in [0.2, 0.25) is 0 Å². The topological polar surface area (TPSA) is 47.1 Å². The summed E-state index contributed by atoms with van der Waals surface area (Å²) in [5.74, 6) is 1.05. The second-order valence-corrected chi connectivity index (χ2v) is 4.36. The van der Waals surface area contributed by atoms with Gasteiger partial charge in [0.25, 0.3) is 0 Å². The number of nitrogens with two attached hydrogens (primary N) is 1. The molecule has 0 fully saturated rings. The number of benzene rings is 1. The predicted molar refractivity (Wildman–Crippen MR) is 70.9 cm³/mol. The van der Waals surface area contributed by atoms with E-state index in [1.54, 1.807) is 0 Å². The molecule has 0 saturated heterocycles. The molecular weight excluding hydrogens is 212 g/mol. The third kappa shape index (κ3) is 2.41. The highest BCUT2D eigenvalue weighted by Crippen LogP contribution is 2.22. The first kappa shape index (κ1) is 11.5. The molecule has 0 bridgehead atoms. The van der Waals surface area contributed by atoms with Gasteiger partial charge < -0.3 is 15.2 Å². The Labute approximate surface area is 102 Å². The molecule has 0 unspecified atom stereocenters. The Morgan fingerprint density at radius 1 is 1.41 bits per heavy atom. The van der Waals surface area contributed by atoms with Gasteiger partial charge in [-0.05, 0) is 30.7 Å². The minimum absolute atomic E-state index is 0.786. The van der Waals surface area contributed by atoms with Crippen LogP contribution in [-0.4, -0.2) is 16.6 Å². The van der Waals surface area contributed by atoms with Crippen molar-refractivity contribution in [3.05, 3.63) is 42.0 Å². The second kappa shape index (κ2) is 4.49. The van der Waals surface area contributed by atoms with Crippen LogP contribution >= 0.6 is 0 Å². The maximum Gasteiger partial charge on any atom is 0.127 e. The van der Waals surface area contributed by atoms with E-state index in [0.717, 1.165) is 18.1 Å². The van der Waals surface area contributed by atoms with Crippen molar-refractivity contribution in [1.82, 2.24) is 9.55 Å². The first-order valence-corrected chi connectivity index (χ1v) is 5.61. The number of hydrogen-bond acceptors (Lipinski definition) is 3. The van der Waals surface area contributed by atoms with Crippen molar-refractivity contribution in [2.75, 3.05) is 17.7 Å². The summed E-state index contributed by atoms with van der Waals surface area (Å²) < 4.78 is 2.03. The van der Waals surface area contributed by atoms with Crippen molar-refractivity contribution < 1.29 is 0 Å². The fourth-order valence-electron chi connectivity index (χ4n) is 1.95. The van der Waals surface area contributed by atoms with E-state index in [1.807, 2.05) is 42.2 Å². The number of nitrogens with zero attached hydrogens (tertiary/aromatic N) is 3. The highest BCUT2D eigenvalue weighted by Gasteiger charge is 2.08. The molecule has 4 heteroatoms. The minimum Gasteiger partial charge on any atom is -0.399 e. The van der Waals surface area contributed by atoms with Crippen LogP contribution in [0.15, 0.2) is 30.6 Å².